The van der Waals surface area contributed by atoms with Crippen LogP contribution in [0, 0.1) is 46.3 Å². The zero-order chi connectivity index (χ0) is 25.8. The van der Waals surface area contributed by atoms with Gasteiger partial charge in [-0.15, -0.1) is 0 Å². The number of rotatable bonds is 7. The first-order valence-electron chi connectivity index (χ1n) is 13.5. The Hall–Kier alpha value is -0.740. The first-order valence-corrected chi connectivity index (χ1v) is 15.1. The van der Waals surface area contributed by atoms with Crippen molar-refractivity contribution in [2.45, 2.75) is 96.9 Å². The molecule has 0 aliphatic heterocycles. The summed E-state index contributed by atoms with van der Waals surface area (Å²) in [6.45, 7) is 6.48. The van der Waals surface area contributed by atoms with Crippen LogP contribution in [0.3, 0.4) is 0 Å². The highest BCUT2D eigenvalue weighted by molar-refractivity contribution is 7.85. The molecule has 11 atom stereocenters. The van der Waals surface area contributed by atoms with Crippen LogP contribution in [-0.4, -0.2) is 64.8 Å². The predicted octanol–water partition coefficient (Wildman–Crippen LogP) is 2.03. The molecule has 0 radical (unpaired) electrons. The van der Waals surface area contributed by atoms with Crippen molar-refractivity contribution >= 4 is 16.0 Å². The molecule has 0 aromatic rings. The van der Waals surface area contributed by atoms with E-state index < -0.39 is 28.1 Å². The number of hydrogen-bond acceptors (Lipinski definition) is 7. The summed E-state index contributed by atoms with van der Waals surface area (Å²) < 4.78 is 32.2. The molecule has 35 heavy (non-hydrogen) atoms. The molecule has 9 heteroatoms. The van der Waals surface area contributed by atoms with E-state index in [-0.39, 0.29) is 65.4 Å². The summed E-state index contributed by atoms with van der Waals surface area (Å²) >= 11 is 0. The van der Waals surface area contributed by atoms with E-state index >= 15 is 0 Å². The molecule has 4 saturated carbocycles. The number of nitrogens with one attached hydrogen (secondary N) is 1. The number of aliphatic hydroxyl groups excluding tert-OH is 3. The molecule has 0 bridgehead atoms. The van der Waals surface area contributed by atoms with Crippen LogP contribution in [0.25, 0.3) is 0 Å². The third kappa shape index (κ3) is 5.05. The SMILES string of the molecule is C[C@H](CCC(=O)NCCS(=O)(=O)[O-])[C@H]1CCC2C3C(C[C@H](O)[C@@]21C)[C@@]1(C)CC[C@@H](O)C[C@H]1C[C@H]3O. The normalized spacial score (nSPS) is 46.3. The van der Waals surface area contributed by atoms with E-state index in [1.807, 2.05) is 0 Å². The lowest BCUT2D eigenvalue weighted by atomic mass is 9.43. The van der Waals surface area contributed by atoms with Gasteiger partial charge in [0, 0.05) is 13.0 Å². The van der Waals surface area contributed by atoms with Gasteiger partial charge in [-0.05, 0) is 97.7 Å². The minimum absolute atomic E-state index is 0.0464. The van der Waals surface area contributed by atoms with E-state index in [2.05, 4.69) is 26.1 Å². The van der Waals surface area contributed by atoms with Crippen molar-refractivity contribution in [3.8, 4) is 0 Å². The second kappa shape index (κ2) is 9.86. The highest BCUT2D eigenvalue weighted by atomic mass is 32.2. The zero-order valence-corrected chi connectivity index (χ0v) is 22.2. The molecule has 0 aromatic carbocycles. The maximum Gasteiger partial charge on any atom is 0.220 e. The lowest BCUT2D eigenvalue weighted by molar-refractivity contribution is -0.207. The van der Waals surface area contributed by atoms with E-state index in [1.54, 1.807) is 0 Å². The summed E-state index contributed by atoms with van der Waals surface area (Å²) in [6.07, 6.45) is 5.58. The maximum atomic E-state index is 12.2. The molecule has 1 amide bonds. The number of carbonyl (C=O) groups is 1. The van der Waals surface area contributed by atoms with Gasteiger partial charge in [-0.25, -0.2) is 8.42 Å². The fraction of sp³-hybridized carbons (Fsp3) is 0.962. The smallest absolute Gasteiger partial charge is 0.220 e. The molecule has 4 N–H and O–H groups in total. The number of fused-ring (bicyclic) bond motifs is 5. The first kappa shape index (κ1) is 27.3. The van der Waals surface area contributed by atoms with Gasteiger partial charge in [0.1, 0.15) is 0 Å². The maximum absolute atomic E-state index is 12.2. The third-order valence-electron chi connectivity index (χ3n) is 11.0. The van der Waals surface area contributed by atoms with Crippen LogP contribution in [0.1, 0.15) is 78.6 Å². The predicted molar refractivity (Wildman–Crippen MR) is 130 cm³/mol. The van der Waals surface area contributed by atoms with Gasteiger partial charge in [-0.2, -0.15) is 0 Å². The van der Waals surface area contributed by atoms with E-state index in [9.17, 15) is 33.1 Å². The Kier molecular flexibility index (Phi) is 7.69. The lowest BCUT2D eigenvalue weighted by Gasteiger charge is -2.63. The Bertz CT molecular complexity index is 896. The van der Waals surface area contributed by atoms with Crippen LogP contribution in [0.5, 0.6) is 0 Å². The van der Waals surface area contributed by atoms with Crippen molar-refractivity contribution in [2.75, 3.05) is 12.3 Å². The number of amides is 1. The van der Waals surface area contributed by atoms with Crippen molar-refractivity contribution in [1.29, 1.82) is 0 Å². The van der Waals surface area contributed by atoms with Gasteiger partial charge in [-0.1, -0.05) is 20.8 Å². The number of hydrogen-bond donors (Lipinski definition) is 4. The monoisotopic (exact) mass is 514 g/mol. The molecule has 4 rings (SSSR count). The van der Waals surface area contributed by atoms with Crippen LogP contribution < -0.4 is 5.32 Å². The Morgan fingerprint density at radius 3 is 2.49 bits per heavy atom. The van der Waals surface area contributed by atoms with Crippen molar-refractivity contribution < 1.29 is 33.1 Å². The highest BCUT2D eigenvalue weighted by Crippen LogP contribution is 2.68. The Labute approximate surface area is 210 Å². The average Bonchev–Trinajstić information content (AvgIpc) is 3.12. The lowest BCUT2D eigenvalue weighted by Crippen LogP contribution is -2.62. The Balaban J connectivity index is 1.43. The van der Waals surface area contributed by atoms with Gasteiger partial charge < -0.3 is 25.2 Å². The van der Waals surface area contributed by atoms with Gasteiger partial charge in [0.05, 0.1) is 34.2 Å². The summed E-state index contributed by atoms with van der Waals surface area (Å²) in [7, 11) is -4.35. The van der Waals surface area contributed by atoms with E-state index in [4.69, 9.17) is 0 Å². The molecule has 0 spiro atoms. The minimum atomic E-state index is -4.35. The van der Waals surface area contributed by atoms with Gasteiger partial charge in [-0.3, -0.25) is 4.79 Å². The van der Waals surface area contributed by atoms with Crippen LogP contribution in [0.15, 0.2) is 0 Å². The van der Waals surface area contributed by atoms with E-state index in [0.717, 1.165) is 38.5 Å². The summed E-state index contributed by atoms with van der Waals surface area (Å²) in [5.41, 5.74) is -0.267. The molecule has 4 aliphatic carbocycles. The minimum Gasteiger partial charge on any atom is -0.748 e. The quantitative estimate of drug-likeness (QED) is 0.380. The number of aliphatic hydroxyl groups is 3. The fourth-order valence-corrected chi connectivity index (χ4v) is 9.45. The fourth-order valence-electron chi connectivity index (χ4n) is 9.10. The van der Waals surface area contributed by atoms with E-state index in [1.165, 1.54) is 0 Å². The summed E-state index contributed by atoms with van der Waals surface area (Å²) in [6, 6.07) is 0. The van der Waals surface area contributed by atoms with Crippen LogP contribution in [0.4, 0.5) is 0 Å². The standard InChI is InChI=1S/C26H45NO7S/c1-15(4-7-23(31)27-10-11-35(32,33)34)18-5-6-19-24-20(14-22(30)26(18,19)3)25(2)9-8-17(28)12-16(25)13-21(24)29/h15-22,24,28-30H,4-14H2,1-3H3,(H,27,31)(H,32,33,34)/p-1/t15-,16+,17-,18-,19?,20?,21-,22+,24?,25+,26-/m1/s1. The zero-order valence-electron chi connectivity index (χ0n) is 21.4. The van der Waals surface area contributed by atoms with Gasteiger partial charge >= 0.3 is 0 Å². The first-order chi connectivity index (χ1) is 16.3. The van der Waals surface area contributed by atoms with Crippen LogP contribution in [-0.2, 0) is 14.9 Å². The van der Waals surface area contributed by atoms with Crippen molar-refractivity contribution in [2.24, 2.45) is 46.3 Å². The molecule has 202 valence electrons. The van der Waals surface area contributed by atoms with Crippen molar-refractivity contribution in [3.05, 3.63) is 0 Å². The molecular formula is C26H44NO7S-. The van der Waals surface area contributed by atoms with Gasteiger partial charge in [0.25, 0.3) is 0 Å². The molecule has 0 aromatic heterocycles. The molecule has 0 heterocycles. The largest absolute Gasteiger partial charge is 0.748 e. The van der Waals surface area contributed by atoms with Crippen molar-refractivity contribution in [1.82, 2.24) is 5.32 Å². The van der Waals surface area contributed by atoms with Crippen LogP contribution >= 0.6 is 0 Å². The van der Waals surface area contributed by atoms with E-state index in [0.29, 0.717) is 18.8 Å². The Morgan fingerprint density at radius 1 is 1.09 bits per heavy atom. The second-order valence-corrected chi connectivity index (χ2v) is 14.2. The van der Waals surface area contributed by atoms with Crippen LogP contribution in [0.2, 0.25) is 0 Å². The Morgan fingerprint density at radius 2 is 1.80 bits per heavy atom. The molecular weight excluding hydrogens is 470 g/mol. The highest BCUT2D eigenvalue weighted by Gasteiger charge is 2.65. The molecule has 0 saturated heterocycles. The molecule has 8 nitrogen and oxygen atoms in total. The number of carbonyl (C=O) groups excluding carboxylic acids is 1. The molecule has 4 aliphatic rings. The second-order valence-electron chi connectivity index (χ2n) is 12.7. The third-order valence-corrected chi connectivity index (χ3v) is 11.7. The summed E-state index contributed by atoms with van der Waals surface area (Å²) in [5, 5.41) is 35.7. The molecule has 4 fully saturated rings. The topological polar surface area (TPSA) is 147 Å². The molecule has 3 unspecified atom stereocenters. The van der Waals surface area contributed by atoms with Gasteiger partial charge in [0.2, 0.25) is 5.91 Å². The summed E-state index contributed by atoms with van der Waals surface area (Å²) in [5.74, 6) is 0.522. The van der Waals surface area contributed by atoms with Gasteiger partial charge in [0.15, 0.2) is 0 Å². The summed E-state index contributed by atoms with van der Waals surface area (Å²) in [4.78, 5) is 12.2. The average molecular weight is 515 g/mol. The van der Waals surface area contributed by atoms with Crippen molar-refractivity contribution in [3.63, 3.8) is 0 Å².